The molecule has 0 fully saturated rings. The number of carbonyl (C=O) groups is 4. The average molecular weight is 962 g/mol. The standard InChI is InChI=1S/C61H116O7/c1-9-15-42-54(38-14-6)66-59(63)49-34-28-22-20-25-31-40-53(41-32-26-21-23-29-35-50-60(64)67-55(43-16-10-2)44-17-11-3)57(47-37-39-52(7)8)58(62)48-33-27-24-30-36-51-61(65)68-56(45-18-12-4)46-19-13-5/h52-57H,9-51H2,1-8H3. The lowest BCUT2D eigenvalue weighted by molar-refractivity contribution is -0.151. The van der Waals surface area contributed by atoms with E-state index in [-0.39, 0.29) is 42.1 Å². The number of hydrogen-bond donors (Lipinski definition) is 0. The Balaban J connectivity index is 5.23. The molecule has 0 aliphatic heterocycles. The molecule has 0 radical (unpaired) electrons. The minimum atomic E-state index is -0.0333. The predicted molar refractivity (Wildman–Crippen MR) is 289 cm³/mol. The molecule has 7 nitrogen and oxygen atoms in total. The van der Waals surface area contributed by atoms with Gasteiger partial charge in [0.25, 0.3) is 0 Å². The summed E-state index contributed by atoms with van der Waals surface area (Å²) in [6.07, 6.45) is 44.6. The first-order valence-electron chi connectivity index (χ1n) is 30.2. The Kier molecular flexibility index (Phi) is 47.3. The molecule has 0 heterocycles. The zero-order valence-corrected chi connectivity index (χ0v) is 46.7. The van der Waals surface area contributed by atoms with Gasteiger partial charge < -0.3 is 14.2 Å². The first kappa shape index (κ1) is 66.1. The lowest BCUT2D eigenvalue weighted by Crippen LogP contribution is -2.24. The number of carbonyl (C=O) groups excluding carboxylic acids is 4. The normalized spacial score (nSPS) is 13.0. The van der Waals surface area contributed by atoms with Crippen LogP contribution in [0.1, 0.15) is 331 Å². The maximum absolute atomic E-state index is 14.2. The van der Waals surface area contributed by atoms with Crippen LogP contribution in [-0.2, 0) is 33.4 Å². The van der Waals surface area contributed by atoms with E-state index in [9.17, 15) is 19.2 Å². The maximum Gasteiger partial charge on any atom is 0.306 e. The van der Waals surface area contributed by atoms with Crippen molar-refractivity contribution in [3.63, 3.8) is 0 Å². The van der Waals surface area contributed by atoms with Crippen molar-refractivity contribution in [1.29, 1.82) is 0 Å². The molecule has 0 N–H and O–H groups in total. The molecule has 0 aromatic rings. The molecule has 0 bridgehead atoms. The van der Waals surface area contributed by atoms with Gasteiger partial charge in [0.15, 0.2) is 0 Å². The largest absolute Gasteiger partial charge is 0.462 e. The molecule has 3 unspecified atom stereocenters. The van der Waals surface area contributed by atoms with Crippen molar-refractivity contribution in [1.82, 2.24) is 0 Å². The van der Waals surface area contributed by atoms with Gasteiger partial charge in [0.05, 0.1) is 0 Å². The van der Waals surface area contributed by atoms with Crippen LogP contribution in [0.3, 0.4) is 0 Å². The van der Waals surface area contributed by atoms with Crippen molar-refractivity contribution in [3.05, 3.63) is 0 Å². The molecule has 0 rings (SSSR count). The highest BCUT2D eigenvalue weighted by Crippen LogP contribution is 2.32. The summed E-state index contributed by atoms with van der Waals surface area (Å²) in [5.74, 6) is 1.67. The highest BCUT2D eigenvalue weighted by molar-refractivity contribution is 5.81. The van der Waals surface area contributed by atoms with Gasteiger partial charge in [-0.25, -0.2) is 0 Å². The van der Waals surface area contributed by atoms with Gasteiger partial charge in [0.2, 0.25) is 0 Å². The van der Waals surface area contributed by atoms with Gasteiger partial charge in [0, 0.05) is 31.6 Å². The Morgan fingerprint density at radius 3 is 0.926 bits per heavy atom. The summed E-state index contributed by atoms with van der Waals surface area (Å²) < 4.78 is 17.6. The molecular weight excluding hydrogens is 845 g/mol. The van der Waals surface area contributed by atoms with Crippen LogP contribution in [0, 0.1) is 17.8 Å². The summed E-state index contributed by atoms with van der Waals surface area (Å²) in [6, 6.07) is 0. The van der Waals surface area contributed by atoms with Crippen molar-refractivity contribution in [3.8, 4) is 0 Å². The minimum absolute atomic E-state index is 0.0116. The zero-order valence-electron chi connectivity index (χ0n) is 46.7. The van der Waals surface area contributed by atoms with E-state index < -0.39 is 0 Å². The molecule has 0 spiro atoms. The van der Waals surface area contributed by atoms with Crippen LogP contribution >= 0.6 is 0 Å². The van der Waals surface area contributed by atoms with E-state index in [1.54, 1.807) is 0 Å². The number of rotatable bonds is 52. The predicted octanol–water partition coefficient (Wildman–Crippen LogP) is 19.1. The molecular formula is C61H116O7. The number of ketones is 1. The van der Waals surface area contributed by atoms with Crippen molar-refractivity contribution in [2.24, 2.45) is 17.8 Å². The van der Waals surface area contributed by atoms with Crippen LogP contribution in [0.15, 0.2) is 0 Å². The summed E-state index contributed by atoms with van der Waals surface area (Å²) in [5, 5.41) is 0. The summed E-state index contributed by atoms with van der Waals surface area (Å²) in [4.78, 5) is 52.0. The Hall–Kier alpha value is -1.92. The molecule has 7 heteroatoms. The van der Waals surface area contributed by atoms with Gasteiger partial charge in [-0.15, -0.1) is 0 Å². The summed E-state index contributed by atoms with van der Waals surface area (Å²) in [5.41, 5.74) is 0. The van der Waals surface area contributed by atoms with E-state index in [1.165, 1.54) is 44.9 Å². The third-order valence-corrected chi connectivity index (χ3v) is 14.4. The molecule has 0 aromatic carbocycles. The zero-order chi connectivity index (χ0) is 50.3. The van der Waals surface area contributed by atoms with E-state index in [1.807, 2.05) is 0 Å². The van der Waals surface area contributed by atoms with Crippen molar-refractivity contribution in [2.45, 2.75) is 350 Å². The monoisotopic (exact) mass is 961 g/mol. The molecule has 0 aliphatic rings. The minimum Gasteiger partial charge on any atom is -0.462 e. The number of ether oxygens (including phenoxy) is 3. The van der Waals surface area contributed by atoms with E-state index >= 15 is 0 Å². The van der Waals surface area contributed by atoms with Gasteiger partial charge in [-0.3, -0.25) is 19.2 Å². The van der Waals surface area contributed by atoms with Gasteiger partial charge in [-0.1, -0.05) is 222 Å². The Morgan fingerprint density at radius 1 is 0.294 bits per heavy atom. The van der Waals surface area contributed by atoms with Gasteiger partial charge in [-0.05, 0) is 95.3 Å². The topological polar surface area (TPSA) is 96.0 Å². The fourth-order valence-corrected chi connectivity index (χ4v) is 10.0. The molecule has 68 heavy (non-hydrogen) atoms. The lowest BCUT2D eigenvalue weighted by Gasteiger charge is -2.27. The third kappa shape index (κ3) is 40.8. The Bertz CT molecular complexity index is 1140. The number of esters is 3. The second-order valence-electron chi connectivity index (χ2n) is 21.6. The number of Topliss-reactive ketones (excluding diaryl/α,β-unsaturated/α-hetero) is 1. The lowest BCUT2D eigenvalue weighted by atomic mass is 9.77. The van der Waals surface area contributed by atoms with Crippen LogP contribution in [0.2, 0.25) is 0 Å². The van der Waals surface area contributed by atoms with Crippen LogP contribution in [0.4, 0.5) is 0 Å². The van der Waals surface area contributed by atoms with Crippen LogP contribution in [0.5, 0.6) is 0 Å². The first-order valence-corrected chi connectivity index (χ1v) is 30.2. The van der Waals surface area contributed by atoms with Gasteiger partial charge >= 0.3 is 17.9 Å². The SMILES string of the molecule is CCCCC(CCC)OC(=O)CCCCCCCCC(CCCCCCCCC(=O)OC(CCCC)CCCC)C(CCCC(C)C)C(=O)CCCCCCCC(=O)OC(CCCC)CCCC. The highest BCUT2D eigenvalue weighted by Gasteiger charge is 2.27. The van der Waals surface area contributed by atoms with Crippen LogP contribution in [-0.4, -0.2) is 42.0 Å². The van der Waals surface area contributed by atoms with E-state index in [2.05, 4.69) is 55.4 Å². The summed E-state index contributed by atoms with van der Waals surface area (Å²) >= 11 is 0. The number of hydrogen-bond acceptors (Lipinski definition) is 7. The van der Waals surface area contributed by atoms with Crippen molar-refractivity contribution >= 4 is 23.7 Å². The Morgan fingerprint density at radius 2 is 0.603 bits per heavy atom. The molecule has 0 aromatic heterocycles. The molecule has 0 saturated carbocycles. The molecule has 402 valence electrons. The van der Waals surface area contributed by atoms with Crippen LogP contribution < -0.4 is 0 Å². The van der Waals surface area contributed by atoms with Gasteiger partial charge in [0.1, 0.15) is 24.1 Å². The third-order valence-electron chi connectivity index (χ3n) is 14.4. The fourth-order valence-electron chi connectivity index (χ4n) is 10.0. The van der Waals surface area contributed by atoms with E-state index in [0.29, 0.717) is 43.3 Å². The van der Waals surface area contributed by atoms with Crippen LogP contribution in [0.25, 0.3) is 0 Å². The smallest absolute Gasteiger partial charge is 0.306 e. The quantitative estimate of drug-likeness (QED) is 0.0340. The highest BCUT2D eigenvalue weighted by atomic mass is 16.6. The molecule has 3 atom stereocenters. The van der Waals surface area contributed by atoms with Crippen molar-refractivity contribution < 1.29 is 33.4 Å². The first-order chi connectivity index (χ1) is 33.0. The average Bonchev–Trinajstić information content (AvgIpc) is 3.31. The van der Waals surface area contributed by atoms with Gasteiger partial charge in [-0.2, -0.15) is 0 Å². The maximum atomic E-state index is 14.2. The second-order valence-corrected chi connectivity index (χ2v) is 21.6. The molecule has 0 saturated heterocycles. The summed E-state index contributed by atoms with van der Waals surface area (Å²) in [6.45, 7) is 17.7. The summed E-state index contributed by atoms with van der Waals surface area (Å²) in [7, 11) is 0. The second kappa shape index (κ2) is 48.7. The fraction of sp³-hybridized carbons (Fsp3) is 0.934. The van der Waals surface area contributed by atoms with E-state index in [0.717, 1.165) is 205 Å². The van der Waals surface area contributed by atoms with E-state index in [4.69, 9.17) is 14.2 Å². The Labute approximate surface area is 423 Å². The van der Waals surface area contributed by atoms with Crippen molar-refractivity contribution in [2.75, 3.05) is 0 Å². The molecule has 0 amide bonds. The number of unbranched alkanes of at least 4 members (excludes halogenated alkanes) is 19. The molecule has 0 aliphatic carbocycles.